The molecule has 0 saturated heterocycles. The van der Waals surface area contributed by atoms with Crippen molar-refractivity contribution in [3.05, 3.63) is 308 Å². The van der Waals surface area contributed by atoms with Crippen LogP contribution in [0.4, 0.5) is 22.7 Å². The maximum Gasteiger partial charge on any atom is 0.257 e. The number of carbonyl (C=O) groups excluding carboxylic acids is 5. The number of pyridine rings is 4. The maximum atomic E-state index is 12.8. The standard InChI is InChI=1S/C22H21ClN2O4S.C21H18Cl2N2O4S.C20H16ClN3O4S.C20H17ClN2O4S/c1-14-11-17(30(28,29)13-15(2)26)7-8-18(14)22(27)25-16-6-9-20(23)19(12-16)21-5-3-4-10-24-21;1-13(26)12-30(28,29)15-6-7-16(19(23)11-15)21(27)25-14-5-8-18(22)17(10-14)20-4-2-3-9-24-20;21-17-9-6-14(11-16(17)18-3-1-2-10-23-18)24-20(26)13-4-7-15(8-5-13)29(27,28)12-19(22)25;21-18-9-6-15(13-17(18)19-3-1-2-10-22-19)23-20(25)14-4-7-16(8-5-14)28(26,27)12-11-24/h3-12,15,26H,13H2,1-2H3,(H,25,27);2-11,13,26H,12H2,1H3,(H,25,27);1-11H,12H2,(H2,22,25)(H,24,26);1-10,13,24H,11-12H2,(H,23,25). The molecule has 0 saturated carbocycles. The van der Waals surface area contributed by atoms with Gasteiger partial charge in [-0.1, -0.05) is 82.3 Å². The molecular weight excluding hydrogens is 1680 g/mol. The van der Waals surface area contributed by atoms with Crippen molar-refractivity contribution in [2.45, 2.75) is 52.6 Å². The molecule has 12 aromatic rings. The maximum absolute atomic E-state index is 12.8. The lowest BCUT2D eigenvalue weighted by Crippen LogP contribution is -2.23. The topological polar surface area (TPSA) is 408 Å². The molecule has 0 aliphatic rings. The first kappa shape index (κ1) is 89.8. The number of nitrogens with one attached hydrogen (secondary N) is 4. The molecule has 0 fully saturated rings. The Kier molecular flexibility index (Phi) is 31.2. The zero-order valence-electron chi connectivity index (χ0n) is 62.0. The van der Waals surface area contributed by atoms with Gasteiger partial charge in [0.1, 0.15) is 5.75 Å². The fourth-order valence-corrected chi connectivity index (χ4v) is 17.2. The third-order valence-electron chi connectivity index (χ3n) is 16.6. The van der Waals surface area contributed by atoms with E-state index >= 15 is 0 Å². The first-order valence-corrected chi connectivity index (χ1v) is 43.4. The summed E-state index contributed by atoms with van der Waals surface area (Å²) in [5, 5.41) is 40.6. The van der Waals surface area contributed by atoms with Crippen LogP contribution in [0.5, 0.6) is 0 Å². The van der Waals surface area contributed by atoms with Crippen LogP contribution in [0.15, 0.2) is 275 Å². The van der Waals surface area contributed by atoms with E-state index in [2.05, 4.69) is 41.2 Å². The van der Waals surface area contributed by atoms with E-state index in [9.17, 15) is 67.9 Å². The molecule has 4 aromatic heterocycles. The number of benzene rings is 8. The van der Waals surface area contributed by atoms with Gasteiger partial charge >= 0.3 is 0 Å². The zero-order valence-corrected chi connectivity index (χ0v) is 69.0. The SMILES string of the molecule is CC(O)CS(=O)(=O)c1ccc(C(=O)Nc2ccc(Cl)c(-c3ccccn3)c2)c(Cl)c1.Cc1cc(S(=O)(=O)CC(C)O)ccc1C(=O)Nc1ccc(Cl)c(-c2ccccn2)c1.NC(=O)CS(=O)(=O)c1ccc(C(=O)Nc2ccc(Cl)c(-c3ccccn3)c2)cc1.O=C(Nc1ccc(Cl)c(-c2ccccn2)c1)c1ccc(S(=O)(=O)CCO)cc1. The van der Waals surface area contributed by atoms with Gasteiger partial charge in [0.05, 0.1) is 109 Å². The van der Waals surface area contributed by atoms with E-state index in [0.717, 1.165) is 0 Å². The Hall–Kier alpha value is -11.2. The summed E-state index contributed by atoms with van der Waals surface area (Å²) in [6, 6.07) is 60.8. The summed E-state index contributed by atoms with van der Waals surface area (Å²) in [7, 11) is -14.7. The fourth-order valence-electron chi connectivity index (χ4n) is 11.0. The second-order valence-electron chi connectivity index (χ2n) is 25.7. The molecule has 0 spiro atoms. The van der Waals surface area contributed by atoms with Gasteiger partial charge in [0.2, 0.25) is 5.91 Å². The van der Waals surface area contributed by atoms with Crippen LogP contribution in [0.3, 0.4) is 0 Å². The van der Waals surface area contributed by atoms with Gasteiger partial charge in [-0.15, -0.1) is 0 Å². The number of primary amides is 1. The van der Waals surface area contributed by atoms with Crippen molar-refractivity contribution in [2.24, 2.45) is 5.73 Å². The predicted molar refractivity (Wildman–Crippen MR) is 454 cm³/mol. The Bertz CT molecular complexity index is 5910. The molecule has 117 heavy (non-hydrogen) atoms. The highest BCUT2D eigenvalue weighted by molar-refractivity contribution is 7.92. The number of rotatable bonds is 24. The van der Waals surface area contributed by atoms with Crippen molar-refractivity contribution < 1.29 is 73.0 Å². The average molecular weight is 1760 g/mol. The van der Waals surface area contributed by atoms with Gasteiger partial charge in [-0.25, -0.2) is 33.7 Å². The van der Waals surface area contributed by atoms with Crippen LogP contribution in [0, 0.1) is 6.92 Å². The Morgan fingerprint density at radius 2 is 0.675 bits per heavy atom. The molecule has 25 nitrogen and oxygen atoms in total. The molecule has 12 rings (SSSR count). The van der Waals surface area contributed by atoms with Crippen LogP contribution in [-0.4, -0.2) is 140 Å². The number of hydrogen-bond donors (Lipinski definition) is 8. The second kappa shape index (κ2) is 40.6. The molecule has 8 aromatic carbocycles. The minimum atomic E-state index is -3.83. The van der Waals surface area contributed by atoms with Crippen molar-refractivity contribution in [3.63, 3.8) is 0 Å². The molecule has 2 atom stereocenters. The van der Waals surface area contributed by atoms with E-state index in [0.29, 0.717) is 105 Å². The lowest BCUT2D eigenvalue weighted by atomic mass is 10.1. The van der Waals surface area contributed by atoms with Gasteiger partial charge in [0.15, 0.2) is 39.3 Å². The highest BCUT2D eigenvalue weighted by atomic mass is 35.5. The Labute approximate surface area is 699 Å². The van der Waals surface area contributed by atoms with Gasteiger partial charge in [-0.3, -0.25) is 43.9 Å². The number of carbonyl (C=O) groups is 5. The number of aliphatic hydroxyl groups excluding tert-OH is 3. The molecule has 0 aliphatic carbocycles. The largest absolute Gasteiger partial charge is 0.395 e. The van der Waals surface area contributed by atoms with Gasteiger partial charge in [-0.2, -0.15) is 0 Å². The number of nitrogens with zero attached hydrogens (tertiary/aromatic N) is 4. The molecular formula is C83H72Cl5N9O16S4. The van der Waals surface area contributed by atoms with Crippen molar-refractivity contribution in [3.8, 4) is 45.0 Å². The quantitative estimate of drug-likeness (QED) is 0.0278. The number of anilines is 4. The van der Waals surface area contributed by atoms with Crippen molar-refractivity contribution in [1.29, 1.82) is 0 Å². The molecule has 4 heterocycles. The first-order chi connectivity index (χ1) is 55.5. The lowest BCUT2D eigenvalue weighted by molar-refractivity contribution is -0.115. The lowest BCUT2D eigenvalue weighted by Gasteiger charge is -2.12. The van der Waals surface area contributed by atoms with Crippen molar-refractivity contribution in [1.82, 2.24) is 19.9 Å². The highest BCUT2D eigenvalue weighted by Crippen LogP contribution is 2.35. The summed E-state index contributed by atoms with van der Waals surface area (Å²) >= 11 is 31.2. The van der Waals surface area contributed by atoms with Crippen LogP contribution in [-0.2, 0) is 44.1 Å². The van der Waals surface area contributed by atoms with Gasteiger partial charge in [0.25, 0.3) is 23.6 Å². The highest BCUT2D eigenvalue weighted by Gasteiger charge is 2.25. The fraction of sp³-hybridized carbons (Fsp3) is 0.120. The van der Waals surface area contributed by atoms with Gasteiger partial charge < -0.3 is 42.3 Å². The summed E-state index contributed by atoms with van der Waals surface area (Å²) < 4.78 is 96.9. The van der Waals surface area contributed by atoms with Crippen molar-refractivity contribution >= 4 is 150 Å². The molecule has 5 amide bonds. The Morgan fingerprint density at radius 1 is 0.368 bits per heavy atom. The van der Waals surface area contributed by atoms with Gasteiger partial charge in [-0.05, 0) is 233 Å². The monoisotopic (exact) mass is 1750 g/mol. The summed E-state index contributed by atoms with van der Waals surface area (Å²) in [4.78, 5) is 78.3. The van der Waals surface area contributed by atoms with E-state index < -0.39 is 87.4 Å². The molecule has 34 heteroatoms. The zero-order chi connectivity index (χ0) is 84.9. The van der Waals surface area contributed by atoms with E-state index in [4.69, 9.17) is 68.8 Å². The Balaban J connectivity index is 0.000000178. The third kappa shape index (κ3) is 25.2. The summed E-state index contributed by atoms with van der Waals surface area (Å²) in [5.41, 5.74) is 13.9. The Morgan fingerprint density at radius 3 is 0.974 bits per heavy atom. The number of nitrogens with two attached hydrogens (primary N) is 1. The minimum absolute atomic E-state index is 0.0157. The average Bonchev–Trinajstić information content (AvgIpc) is 0.809. The third-order valence-corrected chi connectivity index (χ3v) is 25.4. The molecule has 0 radical (unpaired) electrons. The summed E-state index contributed by atoms with van der Waals surface area (Å²) in [5.74, 6) is -4.61. The number of aryl methyl sites for hydroxylation is 1. The van der Waals surface area contributed by atoms with Crippen LogP contribution in [0.2, 0.25) is 25.1 Å². The first-order valence-electron chi connectivity index (χ1n) is 34.9. The van der Waals surface area contributed by atoms with E-state index in [-0.39, 0.29) is 59.1 Å². The minimum Gasteiger partial charge on any atom is -0.395 e. The van der Waals surface area contributed by atoms with Crippen LogP contribution in [0.1, 0.15) is 60.8 Å². The number of hydrogen-bond acceptors (Lipinski definition) is 20. The normalized spacial score (nSPS) is 11.8. The van der Waals surface area contributed by atoms with Crippen LogP contribution >= 0.6 is 58.0 Å². The number of aromatic nitrogens is 4. The molecule has 604 valence electrons. The van der Waals surface area contributed by atoms with Crippen LogP contribution in [0.25, 0.3) is 45.0 Å². The van der Waals surface area contributed by atoms with E-state index in [1.807, 2.05) is 36.4 Å². The van der Waals surface area contributed by atoms with Crippen molar-refractivity contribution in [2.75, 3.05) is 50.9 Å². The summed E-state index contributed by atoms with van der Waals surface area (Å²) in [6.45, 7) is 4.00. The van der Waals surface area contributed by atoms with Crippen LogP contribution < -0.4 is 27.0 Å². The molecule has 9 N–H and O–H groups in total. The molecule has 0 bridgehead atoms. The smallest absolute Gasteiger partial charge is 0.257 e. The molecule has 0 aliphatic heterocycles. The van der Waals surface area contributed by atoms with E-state index in [1.54, 1.807) is 141 Å². The summed E-state index contributed by atoms with van der Waals surface area (Å²) in [6.07, 6.45) is 4.61. The number of amides is 5. The second-order valence-corrected chi connectivity index (χ2v) is 35.9. The number of sulfone groups is 4. The number of aliphatic hydroxyl groups is 3. The number of halogens is 5. The van der Waals surface area contributed by atoms with Gasteiger partial charge in [0, 0.05) is 86.5 Å². The predicted octanol–water partition coefficient (Wildman–Crippen LogP) is 14.9. The molecule has 2 unspecified atom stereocenters. The van der Waals surface area contributed by atoms with E-state index in [1.165, 1.54) is 98.8 Å².